The van der Waals surface area contributed by atoms with Gasteiger partial charge >= 0.3 is 0 Å². The van der Waals surface area contributed by atoms with Crippen LogP contribution in [0.15, 0.2) is 0 Å². The minimum Gasteiger partial charge on any atom is -0.381 e. The highest BCUT2D eigenvalue weighted by molar-refractivity contribution is 4.73. The van der Waals surface area contributed by atoms with E-state index in [9.17, 15) is 0 Å². The van der Waals surface area contributed by atoms with E-state index in [1.54, 1.807) is 0 Å². The van der Waals surface area contributed by atoms with Crippen LogP contribution in [0, 0.1) is 11.3 Å². The molecule has 0 saturated carbocycles. The van der Waals surface area contributed by atoms with E-state index in [0.29, 0.717) is 5.41 Å². The summed E-state index contributed by atoms with van der Waals surface area (Å²) in [6, 6.07) is 0. The van der Waals surface area contributed by atoms with Crippen molar-refractivity contribution in [3.8, 4) is 0 Å². The fourth-order valence-electron chi connectivity index (χ4n) is 2.53. The van der Waals surface area contributed by atoms with Crippen LogP contribution in [-0.2, 0) is 4.74 Å². The standard InChI is InChI=1S/C15H31NO/c1-4-5-6-9-15(2,3)13-16-11-14-8-7-10-17-12-14/h14,16H,4-13H2,1-3H3. The number of rotatable bonds is 8. The molecule has 0 aromatic rings. The molecule has 0 radical (unpaired) electrons. The molecule has 0 aromatic carbocycles. The molecule has 1 aliphatic heterocycles. The monoisotopic (exact) mass is 241 g/mol. The van der Waals surface area contributed by atoms with E-state index in [4.69, 9.17) is 4.74 Å². The third-order valence-corrected chi connectivity index (χ3v) is 3.75. The lowest BCUT2D eigenvalue weighted by molar-refractivity contribution is 0.0538. The molecular weight excluding hydrogens is 210 g/mol. The molecule has 102 valence electrons. The molecule has 0 amide bonds. The SMILES string of the molecule is CCCCCC(C)(C)CNCC1CCCOC1. The smallest absolute Gasteiger partial charge is 0.0506 e. The van der Waals surface area contributed by atoms with Gasteiger partial charge in [0.05, 0.1) is 6.61 Å². The van der Waals surface area contributed by atoms with Gasteiger partial charge in [0.1, 0.15) is 0 Å². The molecule has 1 heterocycles. The van der Waals surface area contributed by atoms with Gasteiger partial charge in [-0.15, -0.1) is 0 Å². The molecule has 0 spiro atoms. The van der Waals surface area contributed by atoms with Crippen LogP contribution >= 0.6 is 0 Å². The molecule has 1 saturated heterocycles. The molecule has 0 aliphatic carbocycles. The van der Waals surface area contributed by atoms with Crippen molar-refractivity contribution >= 4 is 0 Å². The van der Waals surface area contributed by atoms with Gasteiger partial charge in [-0.25, -0.2) is 0 Å². The van der Waals surface area contributed by atoms with Crippen molar-refractivity contribution < 1.29 is 4.74 Å². The van der Waals surface area contributed by atoms with E-state index in [2.05, 4.69) is 26.1 Å². The molecule has 0 bridgehead atoms. The van der Waals surface area contributed by atoms with Crippen LogP contribution in [0.2, 0.25) is 0 Å². The summed E-state index contributed by atoms with van der Waals surface area (Å²) in [4.78, 5) is 0. The zero-order valence-corrected chi connectivity index (χ0v) is 12.1. The number of hydrogen-bond acceptors (Lipinski definition) is 2. The summed E-state index contributed by atoms with van der Waals surface area (Å²) in [6.45, 7) is 11.3. The first-order chi connectivity index (χ1) is 8.14. The summed E-state index contributed by atoms with van der Waals surface area (Å²) in [5, 5.41) is 3.64. The topological polar surface area (TPSA) is 21.3 Å². The van der Waals surface area contributed by atoms with Crippen molar-refractivity contribution in [2.45, 2.75) is 59.3 Å². The van der Waals surface area contributed by atoms with E-state index in [0.717, 1.165) is 32.2 Å². The molecule has 2 nitrogen and oxygen atoms in total. The predicted octanol–water partition coefficient (Wildman–Crippen LogP) is 3.61. The first-order valence-corrected chi connectivity index (χ1v) is 7.42. The maximum Gasteiger partial charge on any atom is 0.0506 e. The first-order valence-electron chi connectivity index (χ1n) is 7.42. The van der Waals surface area contributed by atoms with Gasteiger partial charge in [0, 0.05) is 19.7 Å². The molecule has 1 N–H and O–H groups in total. The summed E-state index contributed by atoms with van der Waals surface area (Å²) in [6.07, 6.45) is 7.99. The van der Waals surface area contributed by atoms with Crippen molar-refractivity contribution in [1.29, 1.82) is 0 Å². The Hall–Kier alpha value is -0.0800. The van der Waals surface area contributed by atoms with Crippen LogP contribution in [0.3, 0.4) is 0 Å². The van der Waals surface area contributed by atoms with Crippen molar-refractivity contribution in [2.24, 2.45) is 11.3 Å². The number of ether oxygens (including phenoxy) is 1. The zero-order valence-electron chi connectivity index (χ0n) is 12.1. The van der Waals surface area contributed by atoms with Crippen LogP contribution in [-0.4, -0.2) is 26.3 Å². The highest BCUT2D eigenvalue weighted by Crippen LogP contribution is 2.23. The summed E-state index contributed by atoms with van der Waals surface area (Å²) in [7, 11) is 0. The lowest BCUT2D eigenvalue weighted by atomic mass is 9.86. The minimum atomic E-state index is 0.449. The van der Waals surface area contributed by atoms with Crippen LogP contribution < -0.4 is 5.32 Å². The number of unbranched alkanes of at least 4 members (excludes halogenated alkanes) is 2. The third-order valence-electron chi connectivity index (χ3n) is 3.75. The second-order valence-electron chi connectivity index (χ2n) is 6.34. The number of hydrogen-bond donors (Lipinski definition) is 1. The second kappa shape index (κ2) is 8.10. The lowest BCUT2D eigenvalue weighted by Gasteiger charge is -2.28. The molecule has 17 heavy (non-hydrogen) atoms. The van der Waals surface area contributed by atoms with Crippen molar-refractivity contribution in [3.63, 3.8) is 0 Å². The zero-order chi connectivity index (χ0) is 12.6. The summed E-state index contributed by atoms with van der Waals surface area (Å²) in [5.74, 6) is 0.746. The van der Waals surface area contributed by atoms with Crippen molar-refractivity contribution in [3.05, 3.63) is 0 Å². The van der Waals surface area contributed by atoms with Crippen LogP contribution in [0.1, 0.15) is 59.3 Å². The third kappa shape index (κ3) is 7.05. The van der Waals surface area contributed by atoms with Gasteiger partial charge in [0.15, 0.2) is 0 Å². The van der Waals surface area contributed by atoms with Gasteiger partial charge in [-0.1, -0.05) is 40.0 Å². The predicted molar refractivity (Wildman–Crippen MR) is 74.3 cm³/mol. The Labute approximate surface area is 108 Å². The molecular formula is C15H31NO. The van der Waals surface area contributed by atoms with E-state index in [1.165, 1.54) is 38.5 Å². The summed E-state index contributed by atoms with van der Waals surface area (Å²) < 4.78 is 5.50. The Bertz CT molecular complexity index is 185. The fourth-order valence-corrected chi connectivity index (χ4v) is 2.53. The van der Waals surface area contributed by atoms with Gasteiger partial charge < -0.3 is 10.1 Å². The maximum absolute atomic E-state index is 5.50. The highest BCUT2D eigenvalue weighted by Gasteiger charge is 2.18. The van der Waals surface area contributed by atoms with Crippen LogP contribution in [0.25, 0.3) is 0 Å². The van der Waals surface area contributed by atoms with E-state index >= 15 is 0 Å². The average Bonchev–Trinajstić information content (AvgIpc) is 2.30. The van der Waals surface area contributed by atoms with Gasteiger partial charge in [-0.3, -0.25) is 0 Å². The Morgan fingerprint density at radius 1 is 1.29 bits per heavy atom. The normalized spacial score (nSPS) is 21.7. The Kier molecular flexibility index (Phi) is 7.14. The summed E-state index contributed by atoms with van der Waals surface area (Å²) in [5.41, 5.74) is 0.449. The Morgan fingerprint density at radius 2 is 2.12 bits per heavy atom. The van der Waals surface area contributed by atoms with Gasteiger partial charge in [-0.2, -0.15) is 0 Å². The highest BCUT2D eigenvalue weighted by atomic mass is 16.5. The van der Waals surface area contributed by atoms with Gasteiger partial charge in [0.25, 0.3) is 0 Å². The molecule has 1 aliphatic rings. The largest absolute Gasteiger partial charge is 0.381 e. The first kappa shape index (κ1) is 15.0. The van der Waals surface area contributed by atoms with Crippen molar-refractivity contribution in [1.82, 2.24) is 5.32 Å². The lowest BCUT2D eigenvalue weighted by Crippen LogP contribution is -2.35. The molecule has 1 atom stereocenters. The molecule has 1 fully saturated rings. The Balaban J connectivity index is 2.06. The van der Waals surface area contributed by atoms with E-state index in [1.807, 2.05) is 0 Å². The van der Waals surface area contributed by atoms with Crippen molar-refractivity contribution in [2.75, 3.05) is 26.3 Å². The average molecular weight is 241 g/mol. The van der Waals surface area contributed by atoms with E-state index in [-0.39, 0.29) is 0 Å². The maximum atomic E-state index is 5.50. The minimum absolute atomic E-state index is 0.449. The summed E-state index contributed by atoms with van der Waals surface area (Å²) >= 11 is 0. The number of nitrogens with one attached hydrogen (secondary N) is 1. The molecule has 1 rings (SSSR count). The fraction of sp³-hybridized carbons (Fsp3) is 1.00. The quantitative estimate of drug-likeness (QED) is 0.656. The molecule has 2 heteroatoms. The van der Waals surface area contributed by atoms with Crippen LogP contribution in [0.4, 0.5) is 0 Å². The molecule has 0 aromatic heterocycles. The van der Waals surface area contributed by atoms with Gasteiger partial charge in [-0.05, 0) is 30.6 Å². The Morgan fingerprint density at radius 3 is 2.76 bits per heavy atom. The molecule has 1 unspecified atom stereocenters. The van der Waals surface area contributed by atoms with Gasteiger partial charge in [0.2, 0.25) is 0 Å². The van der Waals surface area contributed by atoms with Crippen LogP contribution in [0.5, 0.6) is 0 Å². The second-order valence-corrected chi connectivity index (χ2v) is 6.34. The van der Waals surface area contributed by atoms with E-state index < -0.39 is 0 Å².